The third-order valence-electron chi connectivity index (χ3n) is 3.22. The quantitative estimate of drug-likeness (QED) is 0.401. The lowest BCUT2D eigenvalue weighted by Crippen LogP contribution is -2.39. The summed E-state index contributed by atoms with van der Waals surface area (Å²) in [5, 5.41) is 13.6. The van der Waals surface area contributed by atoms with Gasteiger partial charge in [-0.1, -0.05) is 0 Å². The van der Waals surface area contributed by atoms with Crippen molar-refractivity contribution in [1.29, 1.82) is 0 Å². The van der Waals surface area contributed by atoms with E-state index in [1.165, 1.54) is 0 Å². The van der Waals surface area contributed by atoms with Gasteiger partial charge in [-0.2, -0.15) is 13.2 Å². The maximum absolute atomic E-state index is 12.3. The third-order valence-corrected chi connectivity index (χ3v) is 3.22. The molecular weight excluding hydrogens is 325 g/mol. The number of aryl methyl sites for hydroxylation is 1. The molecule has 0 unspecified atom stereocenters. The second-order valence-corrected chi connectivity index (χ2v) is 5.16. The van der Waals surface area contributed by atoms with Gasteiger partial charge in [-0.15, -0.1) is 10.2 Å². The van der Waals surface area contributed by atoms with Gasteiger partial charge in [0, 0.05) is 33.4 Å². The largest absolute Gasteiger partial charge is 0.390 e. The lowest BCUT2D eigenvalue weighted by atomic mass is 10.4. The minimum atomic E-state index is -4.20. The molecule has 0 aliphatic rings. The zero-order valence-electron chi connectivity index (χ0n) is 14.3. The van der Waals surface area contributed by atoms with E-state index in [1.807, 2.05) is 20.9 Å². The van der Waals surface area contributed by atoms with Crippen LogP contribution < -0.4 is 10.6 Å². The van der Waals surface area contributed by atoms with E-state index in [1.54, 1.807) is 4.57 Å². The van der Waals surface area contributed by atoms with Gasteiger partial charge in [0.05, 0.1) is 6.42 Å². The number of halogens is 3. The molecule has 0 saturated carbocycles. The van der Waals surface area contributed by atoms with Gasteiger partial charge < -0.3 is 19.9 Å². The van der Waals surface area contributed by atoms with Gasteiger partial charge in [0.2, 0.25) is 0 Å². The van der Waals surface area contributed by atoms with Crippen molar-refractivity contribution in [2.75, 3.05) is 26.3 Å². The fraction of sp³-hybridized carbons (Fsp3) is 0.786. The molecule has 0 aliphatic carbocycles. The molecule has 0 spiro atoms. The fourth-order valence-corrected chi connectivity index (χ4v) is 1.76. The van der Waals surface area contributed by atoms with Crippen molar-refractivity contribution in [3.63, 3.8) is 0 Å². The summed E-state index contributed by atoms with van der Waals surface area (Å²) in [5.74, 6) is 1.70. The molecule has 24 heavy (non-hydrogen) atoms. The first-order valence-corrected chi connectivity index (χ1v) is 7.85. The third kappa shape index (κ3) is 8.14. The van der Waals surface area contributed by atoms with E-state index in [9.17, 15) is 13.2 Å². The van der Waals surface area contributed by atoms with Gasteiger partial charge in [-0.05, 0) is 20.3 Å². The summed E-state index contributed by atoms with van der Waals surface area (Å²) < 4.78 is 43.8. The molecule has 1 rings (SSSR count). The van der Waals surface area contributed by atoms with E-state index in [0.29, 0.717) is 31.5 Å². The summed E-state index contributed by atoms with van der Waals surface area (Å²) >= 11 is 0. The minimum Gasteiger partial charge on any atom is -0.382 e. The van der Waals surface area contributed by atoms with Crippen LogP contribution in [0.3, 0.4) is 0 Å². The molecule has 0 bridgehead atoms. The van der Waals surface area contributed by atoms with Gasteiger partial charge in [-0.25, -0.2) is 4.99 Å². The minimum absolute atomic E-state index is 0.226. The highest BCUT2D eigenvalue weighted by Gasteiger charge is 2.26. The number of guanidine groups is 1. The summed E-state index contributed by atoms with van der Waals surface area (Å²) in [6.45, 7) is 5.48. The summed E-state index contributed by atoms with van der Waals surface area (Å²) in [6, 6.07) is 0. The Bertz CT molecular complexity index is 515. The number of rotatable bonds is 9. The smallest absolute Gasteiger partial charge is 0.382 e. The van der Waals surface area contributed by atoms with E-state index >= 15 is 0 Å². The van der Waals surface area contributed by atoms with Crippen molar-refractivity contribution in [3.05, 3.63) is 11.6 Å². The topological polar surface area (TPSA) is 76.4 Å². The van der Waals surface area contributed by atoms with Gasteiger partial charge in [0.25, 0.3) is 0 Å². The number of aliphatic imine (C=N–C) groups is 1. The predicted octanol–water partition coefficient (Wildman–Crippen LogP) is 1.54. The second-order valence-electron chi connectivity index (χ2n) is 5.16. The van der Waals surface area contributed by atoms with Crippen LogP contribution in [0.15, 0.2) is 4.99 Å². The SMILES string of the molecule is CCOCCCNC(=NCc1nnc(C)n1C)NCCC(F)(F)F. The maximum Gasteiger partial charge on any atom is 0.390 e. The number of aromatic nitrogens is 3. The molecule has 2 N–H and O–H groups in total. The molecule has 1 heterocycles. The molecule has 0 saturated heterocycles. The highest BCUT2D eigenvalue weighted by Crippen LogP contribution is 2.18. The number of alkyl halides is 3. The van der Waals surface area contributed by atoms with Crippen LogP contribution in [-0.2, 0) is 18.3 Å². The Morgan fingerprint density at radius 3 is 2.54 bits per heavy atom. The van der Waals surface area contributed by atoms with E-state index in [0.717, 1.165) is 12.2 Å². The van der Waals surface area contributed by atoms with Gasteiger partial charge >= 0.3 is 6.18 Å². The lowest BCUT2D eigenvalue weighted by Gasteiger charge is -2.13. The Hall–Kier alpha value is -1.84. The number of nitrogens with zero attached hydrogens (tertiary/aromatic N) is 4. The molecule has 10 heteroatoms. The summed E-state index contributed by atoms with van der Waals surface area (Å²) in [6.07, 6.45) is -4.39. The van der Waals surface area contributed by atoms with Crippen LogP contribution in [0.5, 0.6) is 0 Å². The van der Waals surface area contributed by atoms with E-state index in [4.69, 9.17) is 4.74 Å². The van der Waals surface area contributed by atoms with E-state index in [-0.39, 0.29) is 13.1 Å². The van der Waals surface area contributed by atoms with Crippen molar-refractivity contribution in [1.82, 2.24) is 25.4 Å². The molecule has 0 aromatic carbocycles. The van der Waals surface area contributed by atoms with Crippen LogP contribution in [-0.4, -0.2) is 53.2 Å². The highest BCUT2D eigenvalue weighted by molar-refractivity contribution is 5.79. The fourth-order valence-electron chi connectivity index (χ4n) is 1.76. The van der Waals surface area contributed by atoms with Gasteiger partial charge in [0.15, 0.2) is 11.8 Å². The predicted molar refractivity (Wildman–Crippen MR) is 84.7 cm³/mol. The number of ether oxygens (including phenoxy) is 1. The average molecular weight is 350 g/mol. The first-order valence-electron chi connectivity index (χ1n) is 7.85. The Labute approximate surface area is 139 Å². The zero-order valence-corrected chi connectivity index (χ0v) is 14.3. The van der Waals surface area contributed by atoms with Crippen molar-refractivity contribution in [2.45, 2.75) is 39.4 Å². The van der Waals surface area contributed by atoms with Gasteiger partial charge in [-0.3, -0.25) is 0 Å². The van der Waals surface area contributed by atoms with Crippen LogP contribution in [0.2, 0.25) is 0 Å². The molecule has 138 valence electrons. The first-order chi connectivity index (χ1) is 11.3. The maximum atomic E-state index is 12.3. The second kappa shape index (κ2) is 10.1. The average Bonchev–Trinajstić information content (AvgIpc) is 2.82. The van der Waals surface area contributed by atoms with Gasteiger partial charge in [0.1, 0.15) is 12.4 Å². The van der Waals surface area contributed by atoms with Crippen molar-refractivity contribution >= 4 is 5.96 Å². The van der Waals surface area contributed by atoms with Crippen molar-refractivity contribution < 1.29 is 17.9 Å². The molecule has 0 fully saturated rings. The van der Waals surface area contributed by atoms with Crippen LogP contribution >= 0.6 is 0 Å². The molecule has 1 aromatic rings. The standard InChI is InChI=1S/C14H25F3N6O/c1-4-24-9-5-7-18-13(19-8-6-14(15,16)17)20-10-12-22-21-11(2)23(12)3/h4-10H2,1-3H3,(H2,18,19,20). The summed E-state index contributed by atoms with van der Waals surface area (Å²) in [7, 11) is 1.81. The molecule has 0 radical (unpaired) electrons. The lowest BCUT2D eigenvalue weighted by molar-refractivity contribution is -0.132. The molecule has 7 nitrogen and oxygen atoms in total. The summed E-state index contributed by atoms with van der Waals surface area (Å²) in [5.41, 5.74) is 0. The Balaban J connectivity index is 2.54. The molecule has 0 aliphatic heterocycles. The number of hydrogen-bond donors (Lipinski definition) is 2. The number of hydrogen-bond acceptors (Lipinski definition) is 4. The first kappa shape index (κ1) is 20.2. The Kier molecular flexibility index (Phi) is 8.51. The molecule has 0 atom stereocenters. The van der Waals surface area contributed by atoms with Crippen molar-refractivity contribution in [2.24, 2.45) is 12.0 Å². The Morgan fingerprint density at radius 1 is 1.25 bits per heavy atom. The molecule has 0 amide bonds. The van der Waals surface area contributed by atoms with E-state index in [2.05, 4.69) is 25.8 Å². The van der Waals surface area contributed by atoms with Crippen LogP contribution in [0.25, 0.3) is 0 Å². The zero-order chi connectivity index (χ0) is 18.0. The van der Waals surface area contributed by atoms with E-state index < -0.39 is 12.6 Å². The van der Waals surface area contributed by atoms with Crippen LogP contribution in [0, 0.1) is 6.92 Å². The highest BCUT2D eigenvalue weighted by atomic mass is 19.4. The number of nitrogens with one attached hydrogen (secondary N) is 2. The molecular formula is C14H25F3N6O. The van der Waals surface area contributed by atoms with Crippen LogP contribution in [0.1, 0.15) is 31.4 Å². The Morgan fingerprint density at radius 2 is 1.96 bits per heavy atom. The molecule has 1 aromatic heterocycles. The van der Waals surface area contributed by atoms with Crippen molar-refractivity contribution in [3.8, 4) is 0 Å². The summed E-state index contributed by atoms with van der Waals surface area (Å²) in [4.78, 5) is 4.27. The monoisotopic (exact) mass is 350 g/mol. The normalized spacial score (nSPS) is 12.5. The van der Waals surface area contributed by atoms with Crippen LogP contribution in [0.4, 0.5) is 13.2 Å².